The topological polar surface area (TPSA) is 34.1 Å². The molecule has 0 saturated carbocycles. The Morgan fingerprint density at radius 1 is 1.33 bits per heavy atom. The summed E-state index contributed by atoms with van der Waals surface area (Å²) in [6.07, 6.45) is 0.315. The van der Waals surface area contributed by atoms with Crippen molar-refractivity contribution >= 4 is 24.7 Å². The minimum atomic E-state index is -0.485. The van der Waals surface area contributed by atoms with Crippen molar-refractivity contribution in [2.75, 3.05) is 0 Å². The van der Waals surface area contributed by atoms with E-state index in [0.717, 1.165) is 5.56 Å². The lowest BCUT2D eigenvalue weighted by Gasteiger charge is -1.96. The van der Waals surface area contributed by atoms with Gasteiger partial charge in [0.2, 0.25) is 5.78 Å². The molecule has 2 nitrogen and oxygen atoms in total. The Morgan fingerprint density at radius 2 is 1.92 bits per heavy atom. The molecular formula is C9H8O2S. The average molecular weight is 180 g/mol. The zero-order valence-electron chi connectivity index (χ0n) is 6.36. The lowest BCUT2D eigenvalue weighted by atomic mass is 10.1. The Labute approximate surface area is 76.0 Å². The van der Waals surface area contributed by atoms with Crippen LogP contribution in [0.4, 0.5) is 0 Å². The second kappa shape index (κ2) is 4.07. The van der Waals surface area contributed by atoms with E-state index in [1.165, 1.54) is 0 Å². The summed E-state index contributed by atoms with van der Waals surface area (Å²) in [5.74, 6) is 0.149. The number of Topliss-reactive ketones (excluding diaryl/α,β-unsaturated/α-hetero) is 1. The van der Waals surface area contributed by atoms with Crippen LogP contribution in [0, 0.1) is 0 Å². The third-order valence-corrected chi connectivity index (χ3v) is 1.89. The molecule has 1 aromatic rings. The average Bonchev–Trinajstić information content (AvgIpc) is 2.17. The van der Waals surface area contributed by atoms with E-state index in [0.29, 0.717) is 17.6 Å². The van der Waals surface area contributed by atoms with Crippen LogP contribution in [0.1, 0.15) is 15.9 Å². The van der Waals surface area contributed by atoms with Gasteiger partial charge in [-0.1, -0.05) is 24.3 Å². The van der Waals surface area contributed by atoms with Gasteiger partial charge in [-0.05, 0) is 5.56 Å². The monoisotopic (exact) mass is 180 g/mol. The second-order valence-corrected chi connectivity index (χ2v) is 2.65. The lowest BCUT2D eigenvalue weighted by Crippen LogP contribution is -1.99. The molecule has 0 spiro atoms. The van der Waals surface area contributed by atoms with E-state index in [4.69, 9.17) is 0 Å². The van der Waals surface area contributed by atoms with Crippen LogP contribution in [0.3, 0.4) is 0 Å². The standard InChI is InChI=1S/C9H8O2S/c10-5-9(11)8-3-1-7(6-12)2-4-8/h1-5,12H,6H2. The Bertz CT molecular complexity index is 290. The van der Waals surface area contributed by atoms with Crippen molar-refractivity contribution in [2.24, 2.45) is 0 Å². The SMILES string of the molecule is O=CC(=O)c1ccc(CS)cc1. The summed E-state index contributed by atoms with van der Waals surface area (Å²) >= 11 is 4.06. The van der Waals surface area contributed by atoms with Crippen LogP contribution in [-0.4, -0.2) is 12.1 Å². The first kappa shape index (κ1) is 9.00. The molecule has 3 heteroatoms. The molecule has 0 N–H and O–H groups in total. The Morgan fingerprint density at radius 3 is 2.33 bits per heavy atom. The maximum Gasteiger partial charge on any atom is 0.225 e. The van der Waals surface area contributed by atoms with Gasteiger partial charge in [0.15, 0.2) is 6.29 Å². The molecule has 1 rings (SSSR count). The maximum absolute atomic E-state index is 10.8. The van der Waals surface area contributed by atoms with Crippen LogP contribution in [0.25, 0.3) is 0 Å². The molecule has 0 radical (unpaired) electrons. The number of thiol groups is 1. The highest BCUT2D eigenvalue weighted by atomic mass is 32.1. The summed E-state index contributed by atoms with van der Waals surface area (Å²) in [6, 6.07) is 6.82. The smallest absolute Gasteiger partial charge is 0.225 e. The Kier molecular flexibility index (Phi) is 3.05. The molecule has 0 saturated heterocycles. The van der Waals surface area contributed by atoms with Crippen LogP contribution in [-0.2, 0) is 10.5 Å². The van der Waals surface area contributed by atoms with Crippen LogP contribution in [0.15, 0.2) is 24.3 Å². The van der Waals surface area contributed by atoms with Gasteiger partial charge in [0.25, 0.3) is 0 Å². The van der Waals surface area contributed by atoms with Gasteiger partial charge in [-0.25, -0.2) is 0 Å². The van der Waals surface area contributed by atoms with Gasteiger partial charge in [0.05, 0.1) is 0 Å². The van der Waals surface area contributed by atoms with Gasteiger partial charge in [-0.15, -0.1) is 0 Å². The molecule has 0 bridgehead atoms. The van der Waals surface area contributed by atoms with E-state index >= 15 is 0 Å². The highest BCUT2D eigenvalue weighted by Gasteiger charge is 2.01. The molecule has 0 aliphatic rings. The Hall–Kier alpha value is -1.09. The number of carbonyl (C=O) groups is 2. The summed E-state index contributed by atoms with van der Waals surface area (Å²) in [6.45, 7) is 0. The van der Waals surface area contributed by atoms with Crippen molar-refractivity contribution in [1.82, 2.24) is 0 Å². The van der Waals surface area contributed by atoms with Crippen molar-refractivity contribution < 1.29 is 9.59 Å². The van der Waals surface area contributed by atoms with Gasteiger partial charge in [-0.3, -0.25) is 9.59 Å². The molecule has 12 heavy (non-hydrogen) atoms. The fraction of sp³-hybridized carbons (Fsp3) is 0.111. The first-order valence-electron chi connectivity index (χ1n) is 3.47. The zero-order valence-corrected chi connectivity index (χ0v) is 7.25. The molecule has 0 unspecified atom stereocenters. The van der Waals surface area contributed by atoms with E-state index in [2.05, 4.69) is 12.6 Å². The molecule has 0 aromatic heterocycles. The van der Waals surface area contributed by atoms with Crippen molar-refractivity contribution in [2.45, 2.75) is 5.75 Å². The van der Waals surface area contributed by atoms with Gasteiger partial charge < -0.3 is 0 Å². The van der Waals surface area contributed by atoms with Gasteiger partial charge in [-0.2, -0.15) is 12.6 Å². The number of rotatable bonds is 3. The first-order chi connectivity index (χ1) is 5.77. The van der Waals surface area contributed by atoms with Gasteiger partial charge in [0.1, 0.15) is 0 Å². The van der Waals surface area contributed by atoms with E-state index < -0.39 is 5.78 Å². The zero-order chi connectivity index (χ0) is 8.97. The number of benzene rings is 1. The summed E-state index contributed by atoms with van der Waals surface area (Å²) in [5, 5.41) is 0. The molecule has 0 fully saturated rings. The minimum absolute atomic E-state index is 0.315. The summed E-state index contributed by atoms with van der Waals surface area (Å²) in [7, 11) is 0. The number of aldehydes is 1. The normalized spacial score (nSPS) is 9.42. The highest BCUT2D eigenvalue weighted by Crippen LogP contribution is 2.06. The van der Waals surface area contributed by atoms with Crippen LogP contribution < -0.4 is 0 Å². The Balaban J connectivity index is 2.91. The molecule has 0 heterocycles. The van der Waals surface area contributed by atoms with Crippen molar-refractivity contribution in [1.29, 1.82) is 0 Å². The quantitative estimate of drug-likeness (QED) is 0.331. The number of hydrogen-bond donors (Lipinski definition) is 1. The van der Waals surface area contributed by atoms with Crippen molar-refractivity contribution in [3.8, 4) is 0 Å². The van der Waals surface area contributed by atoms with Crippen LogP contribution in [0.5, 0.6) is 0 Å². The third-order valence-electron chi connectivity index (χ3n) is 1.53. The summed E-state index contributed by atoms with van der Waals surface area (Å²) in [5.41, 5.74) is 1.45. The summed E-state index contributed by atoms with van der Waals surface area (Å²) < 4.78 is 0. The molecular weight excluding hydrogens is 172 g/mol. The predicted octanol–water partition coefficient (Wildman–Crippen LogP) is 1.50. The van der Waals surface area contributed by atoms with E-state index in [9.17, 15) is 9.59 Å². The van der Waals surface area contributed by atoms with Crippen LogP contribution in [0.2, 0.25) is 0 Å². The van der Waals surface area contributed by atoms with E-state index in [1.54, 1.807) is 24.3 Å². The predicted molar refractivity (Wildman–Crippen MR) is 49.5 cm³/mol. The lowest BCUT2D eigenvalue weighted by molar-refractivity contribution is -0.104. The molecule has 0 atom stereocenters. The first-order valence-corrected chi connectivity index (χ1v) is 4.10. The molecule has 0 aliphatic carbocycles. The molecule has 62 valence electrons. The maximum atomic E-state index is 10.8. The van der Waals surface area contributed by atoms with Crippen molar-refractivity contribution in [3.05, 3.63) is 35.4 Å². The fourth-order valence-electron chi connectivity index (χ4n) is 0.842. The van der Waals surface area contributed by atoms with E-state index in [-0.39, 0.29) is 0 Å². The van der Waals surface area contributed by atoms with Crippen LogP contribution >= 0.6 is 12.6 Å². The minimum Gasteiger partial charge on any atom is -0.294 e. The van der Waals surface area contributed by atoms with Crippen molar-refractivity contribution in [3.63, 3.8) is 0 Å². The molecule has 0 amide bonds. The molecule has 1 aromatic carbocycles. The number of ketones is 1. The second-order valence-electron chi connectivity index (χ2n) is 2.34. The summed E-state index contributed by atoms with van der Waals surface area (Å²) in [4.78, 5) is 20.9. The third kappa shape index (κ3) is 1.95. The number of carbonyl (C=O) groups excluding carboxylic acids is 2. The van der Waals surface area contributed by atoms with E-state index in [1.807, 2.05) is 0 Å². The van der Waals surface area contributed by atoms with Gasteiger partial charge >= 0.3 is 0 Å². The highest BCUT2D eigenvalue weighted by molar-refractivity contribution is 7.79. The van der Waals surface area contributed by atoms with Gasteiger partial charge in [0, 0.05) is 11.3 Å². The number of hydrogen-bond acceptors (Lipinski definition) is 3. The largest absolute Gasteiger partial charge is 0.294 e. The fourth-order valence-corrected chi connectivity index (χ4v) is 1.05. The molecule has 0 aliphatic heterocycles.